The molecule has 2 fully saturated rings. The fraction of sp³-hybridized carbons (Fsp3) is 0.500. The smallest absolute Gasteiger partial charge is 0.229 e. The first kappa shape index (κ1) is 20.1. The van der Waals surface area contributed by atoms with Gasteiger partial charge in [-0.25, -0.2) is 9.37 Å². The summed E-state index contributed by atoms with van der Waals surface area (Å²) < 4.78 is 14.7. The molecule has 30 heavy (non-hydrogen) atoms. The number of rotatable bonds is 5. The molecule has 1 aromatic heterocycles. The van der Waals surface area contributed by atoms with Crippen molar-refractivity contribution in [1.82, 2.24) is 9.88 Å². The molecule has 2 amide bonds. The number of thiazole rings is 1. The van der Waals surface area contributed by atoms with E-state index in [-0.39, 0.29) is 35.4 Å². The number of anilines is 1. The first-order valence-corrected chi connectivity index (χ1v) is 12.1. The molecular formula is C22H23BrFN3O2S. The molecule has 8 heteroatoms. The number of carbonyl (C=O) groups is 2. The van der Waals surface area contributed by atoms with Crippen LogP contribution < -0.4 is 5.32 Å². The lowest BCUT2D eigenvalue weighted by molar-refractivity contribution is -0.140. The van der Waals surface area contributed by atoms with Gasteiger partial charge in [-0.15, -0.1) is 11.3 Å². The van der Waals surface area contributed by atoms with Crippen molar-refractivity contribution in [2.24, 2.45) is 11.3 Å². The van der Waals surface area contributed by atoms with Gasteiger partial charge in [0.15, 0.2) is 5.13 Å². The summed E-state index contributed by atoms with van der Waals surface area (Å²) in [6.45, 7) is 1.25. The van der Waals surface area contributed by atoms with E-state index < -0.39 is 0 Å². The Hall–Kier alpha value is -1.80. The molecule has 158 valence electrons. The number of amides is 2. The second-order valence-electron chi connectivity index (χ2n) is 8.69. The van der Waals surface area contributed by atoms with Crippen LogP contribution in [0.3, 0.4) is 0 Å². The van der Waals surface area contributed by atoms with Crippen molar-refractivity contribution in [3.05, 3.63) is 44.6 Å². The molecule has 3 aliphatic rings. The van der Waals surface area contributed by atoms with E-state index in [0.29, 0.717) is 25.1 Å². The second kappa shape index (κ2) is 7.71. The number of nitrogens with one attached hydrogen (secondary N) is 1. The van der Waals surface area contributed by atoms with Crippen LogP contribution in [0.25, 0.3) is 0 Å². The number of likely N-dealkylation sites (tertiary alicyclic amines) is 1. The van der Waals surface area contributed by atoms with Gasteiger partial charge in [0.05, 0.1) is 5.69 Å². The van der Waals surface area contributed by atoms with Crippen molar-refractivity contribution in [3.8, 4) is 0 Å². The van der Waals surface area contributed by atoms with Gasteiger partial charge in [-0.1, -0.05) is 15.9 Å². The lowest BCUT2D eigenvalue weighted by atomic mass is 9.92. The van der Waals surface area contributed by atoms with Crippen molar-refractivity contribution in [1.29, 1.82) is 0 Å². The van der Waals surface area contributed by atoms with Crippen LogP contribution in [0.1, 0.15) is 41.8 Å². The van der Waals surface area contributed by atoms with Gasteiger partial charge in [0, 0.05) is 40.2 Å². The van der Waals surface area contributed by atoms with E-state index in [9.17, 15) is 14.0 Å². The summed E-state index contributed by atoms with van der Waals surface area (Å²) in [6, 6.07) is 4.78. The van der Waals surface area contributed by atoms with Crippen LogP contribution in [0.4, 0.5) is 9.52 Å². The number of hydrogen-bond acceptors (Lipinski definition) is 4. The van der Waals surface area contributed by atoms with E-state index in [2.05, 4.69) is 26.2 Å². The number of aromatic nitrogens is 1. The Labute approximate surface area is 187 Å². The summed E-state index contributed by atoms with van der Waals surface area (Å²) in [6.07, 6.45) is 5.94. The zero-order valence-electron chi connectivity index (χ0n) is 16.5. The number of hydrogen-bond donors (Lipinski definition) is 1. The molecule has 0 bridgehead atoms. The highest BCUT2D eigenvalue weighted by Gasteiger charge is 2.65. The predicted molar refractivity (Wildman–Crippen MR) is 117 cm³/mol. The van der Waals surface area contributed by atoms with E-state index in [4.69, 9.17) is 0 Å². The third-order valence-corrected chi connectivity index (χ3v) is 8.13. The molecule has 1 saturated heterocycles. The molecule has 1 spiro atoms. The van der Waals surface area contributed by atoms with E-state index in [1.807, 2.05) is 0 Å². The van der Waals surface area contributed by atoms with Crippen molar-refractivity contribution in [2.75, 3.05) is 18.4 Å². The summed E-state index contributed by atoms with van der Waals surface area (Å²) in [5.74, 6) is -0.262. The Morgan fingerprint density at radius 3 is 2.90 bits per heavy atom. The van der Waals surface area contributed by atoms with Gasteiger partial charge in [0.25, 0.3) is 0 Å². The average molecular weight is 492 g/mol. The Morgan fingerprint density at radius 2 is 2.10 bits per heavy atom. The van der Waals surface area contributed by atoms with Crippen LogP contribution in [0.15, 0.2) is 22.7 Å². The molecule has 2 heterocycles. The topological polar surface area (TPSA) is 62.3 Å². The first-order chi connectivity index (χ1) is 14.4. The fourth-order valence-electron chi connectivity index (χ4n) is 4.69. The number of nitrogens with zero attached hydrogens (tertiary/aromatic N) is 2. The first-order valence-electron chi connectivity index (χ1n) is 10.4. The largest absolute Gasteiger partial charge is 0.341 e. The van der Waals surface area contributed by atoms with Gasteiger partial charge >= 0.3 is 0 Å². The molecule has 1 unspecified atom stereocenters. The molecule has 0 radical (unpaired) electrons. The molecule has 2 aliphatic carbocycles. The fourth-order valence-corrected chi connectivity index (χ4v) is 6.15. The number of carbonyl (C=O) groups excluding carboxylic acids is 2. The molecule has 1 N–H and O–H groups in total. The normalized spacial score (nSPS) is 21.1. The van der Waals surface area contributed by atoms with Gasteiger partial charge in [-0.2, -0.15) is 0 Å². The van der Waals surface area contributed by atoms with Crippen molar-refractivity contribution >= 4 is 44.2 Å². The number of benzene rings is 1. The van der Waals surface area contributed by atoms with Crippen molar-refractivity contribution in [3.63, 3.8) is 0 Å². The standard InChI is InChI=1S/C22H23BrFN3O2S/c23-14-6-7-16(24)13(9-14)5-8-19(28)27-11-22(12-27)10-15(22)20(29)26-21-25-17-3-1-2-4-18(17)30-21/h6-7,9,15H,1-5,8,10-12H2,(H,25,26,29). The van der Waals surface area contributed by atoms with Crippen LogP contribution in [-0.2, 0) is 28.9 Å². The van der Waals surface area contributed by atoms with E-state index in [0.717, 1.165) is 34.6 Å². The maximum absolute atomic E-state index is 13.9. The highest BCUT2D eigenvalue weighted by atomic mass is 79.9. The number of halogens is 2. The van der Waals surface area contributed by atoms with Gasteiger partial charge in [0.2, 0.25) is 11.8 Å². The average Bonchev–Trinajstić information content (AvgIpc) is 3.33. The van der Waals surface area contributed by atoms with Crippen LogP contribution in [0.2, 0.25) is 0 Å². The minimum atomic E-state index is -0.283. The Kier molecular flexibility index (Phi) is 5.17. The molecule has 5 rings (SSSR count). The zero-order valence-corrected chi connectivity index (χ0v) is 19.0. The minimum absolute atomic E-state index is 0.0265. The van der Waals surface area contributed by atoms with Gasteiger partial charge < -0.3 is 10.2 Å². The third-order valence-electron chi connectivity index (χ3n) is 6.56. The summed E-state index contributed by atoms with van der Waals surface area (Å²) in [5, 5.41) is 3.73. The quantitative estimate of drug-likeness (QED) is 0.676. The van der Waals surface area contributed by atoms with E-state index >= 15 is 0 Å². The van der Waals surface area contributed by atoms with Crippen LogP contribution in [-0.4, -0.2) is 34.8 Å². The zero-order chi connectivity index (χ0) is 20.9. The Morgan fingerprint density at radius 1 is 1.30 bits per heavy atom. The summed E-state index contributed by atoms with van der Waals surface area (Å²) in [7, 11) is 0. The highest BCUT2D eigenvalue weighted by Crippen LogP contribution is 2.59. The lowest BCUT2D eigenvalue weighted by Gasteiger charge is -2.41. The van der Waals surface area contributed by atoms with Crippen molar-refractivity contribution < 1.29 is 14.0 Å². The molecule has 1 atom stereocenters. The number of fused-ring (bicyclic) bond motifs is 1. The Bertz CT molecular complexity index is 994. The van der Waals surface area contributed by atoms with Gasteiger partial charge in [-0.05, 0) is 62.3 Å². The molecule has 5 nitrogen and oxygen atoms in total. The SMILES string of the molecule is O=C(Nc1nc2c(s1)CCCC2)C1CC12CN(C(=O)CCc1cc(Br)ccc1F)C2. The number of aryl methyl sites for hydroxylation is 3. The lowest BCUT2D eigenvalue weighted by Crippen LogP contribution is -2.53. The van der Waals surface area contributed by atoms with E-state index in [1.54, 1.807) is 28.4 Å². The highest BCUT2D eigenvalue weighted by molar-refractivity contribution is 9.10. The van der Waals surface area contributed by atoms with Gasteiger partial charge in [0.1, 0.15) is 5.82 Å². The predicted octanol–water partition coefficient (Wildman–Crippen LogP) is 4.34. The molecule has 1 aromatic carbocycles. The van der Waals surface area contributed by atoms with Crippen LogP contribution in [0.5, 0.6) is 0 Å². The second-order valence-corrected chi connectivity index (χ2v) is 10.7. The summed E-state index contributed by atoms with van der Waals surface area (Å²) >= 11 is 4.94. The summed E-state index contributed by atoms with van der Waals surface area (Å²) in [5.41, 5.74) is 1.63. The molecule has 1 aliphatic heterocycles. The maximum atomic E-state index is 13.9. The van der Waals surface area contributed by atoms with Gasteiger partial charge in [-0.3, -0.25) is 9.59 Å². The maximum Gasteiger partial charge on any atom is 0.229 e. The Balaban J connectivity index is 1.11. The van der Waals surface area contributed by atoms with E-state index in [1.165, 1.54) is 23.8 Å². The van der Waals surface area contributed by atoms with Crippen molar-refractivity contribution in [2.45, 2.75) is 44.9 Å². The molecule has 1 saturated carbocycles. The molecule has 2 aromatic rings. The summed E-state index contributed by atoms with van der Waals surface area (Å²) in [4.78, 5) is 32.8. The third kappa shape index (κ3) is 3.80. The monoisotopic (exact) mass is 491 g/mol. The van der Waals surface area contributed by atoms with Crippen LogP contribution in [0, 0.1) is 17.2 Å². The van der Waals surface area contributed by atoms with Crippen LogP contribution >= 0.6 is 27.3 Å². The minimum Gasteiger partial charge on any atom is -0.341 e. The molecular weight excluding hydrogens is 469 g/mol.